The lowest BCUT2D eigenvalue weighted by molar-refractivity contribution is -0.137. The molecule has 0 aliphatic carbocycles. The summed E-state index contributed by atoms with van der Waals surface area (Å²) < 4.78 is 19.4. The van der Waals surface area contributed by atoms with Crippen LogP contribution in [0.1, 0.15) is 28.4 Å². The third-order valence-electron chi connectivity index (χ3n) is 5.54. The van der Waals surface area contributed by atoms with Crippen LogP contribution in [0.15, 0.2) is 84.9 Å². The number of carbonyl (C=O) groups is 2. The van der Waals surface area contributed by atoms with E-state index in [9.17, 15) is 14.0 Å². The number of esters is 1. The van der Waals surface area contributed by atoms with E-state index in [-0.39, 0.29) is 12.3 Å². The topological polar surface area (TPSA) is 81.4 Å². The first kappa shape index (κ1) is 23.9. The summed E-state index contributed by atoms with van der Waals surface area (Å²) in [5.74, 6) is -1.52. The standard InChI is InChI=1S/C29H25FN2O3/c1-2-35-28(33)13-11-19-10-12-26(30)27(15-19)32-29(34)25-17-23(16-22-7-3-4-9-24(22)25)21-8-5-6-20(14-21)18-31/h3-17H,2,18,31H2,1H3,(H,32,34)/b13-11+. The van der Waals surface area contributed by atoms with Gasteiger partial charge in [0.2, 0.25) is 0 Å². The maximum Gasteiger partial charge on any atom is 0.330 e. The number of ether oxygens (including phenoxy) is 1. The first-order chi connectivity index (χ1) is 17.0. The van der Waals surface area contributed by atoms with E-state index in [4.69, 9.17) is 10.5 Å². The average Bonchev–Trinajstić information content (AvgIpc) is 2.88. The second kappa shape index (κ2) is 10.8. The summed E-state index contributed by atoms with van der Waals surface area (Å²) in [5.41, 5.74) is 9.56. The molecule has 1 amide bonds. The zero-order valence-corrected chi connectivity index (χ0v) is 19.3. The Labute approximate surface area is 203 Å². The zero-order chi connectivity index (χ0) is 24.8. The Bertz CT molecular complexity index is 1430. The predicted molar refractivity (Wildman–Crippen MR) is 137 cm³/mol. The maximum atomic E-state index is 14.6. The molecule has 0 heterocycles. The number of halogens is 1. The number of hydrogen-bond donors (Lipinski definition) is 2. The largest absolute Gasteiger partial charge is 0.463 e. The van der Waals surface area contributed by atoms with Gasteiger partial charge in [-0.3, -0.25) is 4.79 Å². The zero-order valence-electron chi connectivity index (χ0n) is 19.3. The number of hydrogen-bond acceptors (Lipinski definition) is 4. The normalized spacial score (nSPS) is 11.1. The van der Waals surface area contributed by atoms with Gasteiger partial charge in [-0.05, 0) is 76.4 Å². The van der Waals surface area contributed by atoms with Gasteiger partial charge in [-0.1, -0.05) is 48.5 Å². The molecule has 0 aliphatic heterocycles. The van der Waals surface area contributed by atoms with Crippen molar-refractivity contribution in [2.45, 2.75) is 13.5 Å². The van der Waals surface area contributed by atoms with Gasteiger partial charge in [-0.25, -0.2) is 9.18 Å². The van der Waals surface area contributed by atoms with Gasteiger partial charge < -0.3 is 15.8 Å². The molecule has 0 aliphatic rings. The molecular weight excluding hydrogens is 443 g/mol. The van der Waals surface area contributed by atoms with Gasteiger partial charge in [0.1, 0.15) is 5.82 Å². The summed E-state index contributed by atoms with van der Waals surface area (Å²) in [7, 11) is 0. The van der Waals surface area contributed by atoms with Crippen LogP contribution in [-0.2, 0) is 16.1 Å². The van der Waals surface area contributed by atoms with Gasteiger partial charge in [-0.15, -0.1) is 0 Å². The van der Waals surface area contributed by atoms with Gasteiger partial charge in [0, 0.05) is 18.2 Å². The fourth-order valence-electron chi connectivity index (χ4n) is 3.83. The van der Waals surface area contributed by atoms with E-state index in [1.165, 1.54) is 30.4 Å². The molecule has 4 rings (SSSR count). The van der Waals surface area contributed by atoms with Crippen LogP contribution in [-0.4, -0.2) is 18.5 Å². The van der Waals surface area contributed by atoms with Gasteiger partial charge in [0.25, 0.3) is 5.91 Å². The molecule has 35 heavy (non-hydrogen) atoms. The van der Waals surface area contributed by atoms with Crippen molar-refractivity contribution in [1.29, 1.82) is 0 Å². The van der Waals surface area contributed by atoms with E-state index >= 15 is 0 Å². The maximum absolute atomic E-state index is 14.6. The summed E-state index contributed by atoms with van der Waals surface area (Å²) in [6, 6.07) is 23.4. The van der Waals surface area contributed by atoms with E-state index in [1.54, 1.807) is 13.0 Å². The molecule has 0 spiro atoms. The number of amides is 1. The summed E-state index contributed by atoms with van der Waals surface area (Å²) in [6.07, 6.45) is 2.77. The van der Waals surface area contributed by atoms with Gasteiger partial charge in [-0.2, -0.15) is 0 Å². The molecule has 5 nitrogen and oxygen atoms in total. The molecule has 0 unspecified atom stereocenters. The van der Waals surface area contributed by atoms with E-state index in [0.717, 1.165) is 27.5 Å². The number of anilines is 1. The van der Waals surface area contributed by atoms with Crippen molar-refractivity contribution in [1.82, 2.24) is 0 Å². The van der Waals surface area contributed by atoms with Crippen molar-refractivity contribution >= 4 is 34.4 Å². The molecule has 0 bridgehead atoms. The Morgan fingerprint density at radius 3 is 2.60 bits per heavy atom. The average molecular weight is 469 g/mol. The summed E-state index contributed by atoms with van der Waals surface area (Å²) in [6.45, 7) is 2.39. The molecule has 3 N–H and O–H groups in total. The van der Waals surface area contributed by atoms with E-state index in [1.807, 2.05) is 54.6 Å². The minimum Gasteiger partial charge on any atom is -0.463 e. The van der Waals surface area contributed by atoms with Crippen LogP contribution in [0.3, 0.4) is 0 Å². The van der Waals surface area contributed by atoms with Crippen LogP contribution in [0.25, 0.3) is 28.0 Å². The Kier molecular flexibility index (Phi) is 7.33. The lowest BCUT2D eigenvalue weighted by Crippen LogP contribution is -2.14. The number of rotatable bonds is 7. The molecule has 4 aromatic carbocycles. The third-order valence-corrected chi connectivity index (χ3v) is 5.54. The minimum absolute atomic E-state index is 0.0145. The van der Waals surface area contributed by atoms with Crippen LogP contribution in [0.4, 0.5) is 10.1 Å². The number of fused-ring (bicyclic) bond motifs is 1. The number of nitrogens with two attached hydrogens (primary N) is 1. The van der Waals surface area contributed by atoms with Gasteiger partial charge in [0.15, 0.2) is 0 Å². The lowest BCUT2D eigenvalue weighted by Gasteiger charge is -2.13. The van der Waals surface area contributed by atoms with Crippen molar-refractivity contribution in [3.63, 3.8) is 0 Å². The third kappa shape index (κ3) is 5.62. The van der Waals surface area contributed by atoms with Crippen LogP contribution in [0, 0.1) is 5.82 Å². The lowest BCUT2D eigenvalue weighted by atomic mass is 9.95. The number of benzene rings is 4. The molecule has 176 valence electrons. The Balaban J connectivity index is 1.70. The fraction of sp³-hybridized carbons (Fsp3) is 0.103. The van der Waals surface area contributed by atoms with Gasteiger partial charge in [0.05, 0.1) is 12.3 Å². The Morgan fingerprint density at radius 1 is 0.971 bits per heavy atom. The van der Waals surface area contributed by atoms with Crippen LogP contribution in [0.2, 0.25) is 0 Å². The molecule has 6 heteroatoms. The number of nitrogens with one attached hydrogen (secondary N) is 1. The molecule has 0 aromatic heterocycles. The molecule has 0 radical (unpaired) electrons. The Morgan fingerprint density at radius 2 is 1.80 bits per heavy atom. The highest BCUT2D eigenvalue weighted by atomic mass is 19.1. The summed E-state index contributed by atoms with van der Waals surface area (Å²) in [5, 5.41) is 4.33. The van der Waals surface area contributed by atoms with Crippen LogP contribution < -0.4 is 11.1 Å². The molecule has 4 aromatic rings. The second-order valence-corrected chi connectivity index (χ2v) is 7.93. The monoisotopic (exact) mass is 468 g/mol. The van der Waals surface area contributed by atoms with E-state index < -0.39 is 17.7 Å². The van der Waals surface area contributed by atoms with Gasteiger partial charge >= 0.3 is 5.97 Å². The highest BCUT2D eigenvalue weighted by Crippen LogP contribution is 2.29. The summed E-state index contributed by atoms with van der Waals surface area (Å²) >= 11 is 0. The first-order valence-electron chi connectivity index (χ1n) is 11.3. The highest BCUT2D eigenvalue weighted by molar-refractivity contribution is 6.14. The molecule has 0 fully saturated rings. The molecule has 0 atom stereocenters. The second-order valence-electron chi connectivity index (χ2n) is 7.93. The Hall–Kier alpha value is -4.29. The molecule has 0 saturated heterocycles. The van der Waals surface area contributed by atoms with Crippen molar-refractivity contribution in [2.24, 2.45) is 5.73 Å². The SMILES string of the molecule is CCOC(=O)/C=C/c1ccc(F)c(NC(=O)c2cc(-c3cccc(CN)c3)cc3ccccc23)c1. The molecule has 0 saturated carbocycles. The van der Waals surface area contributed by atoms with Crippen molar-refractivity contribution < 1.29 is 18.7 Å². The van der Waals surface area contributed by atoms with E-state index in [2.05, 4.69) is 5.32 Å². The van der Waals surface area contributed by atoms with Crippen molar-refractivity contribution in [3.8, 4) is 11.1 Å². The highest BCUT2D eigenvalue weighted by Gasteiger charge is 2.15. The van der Waals surface area contributed by atoms with E-state index in [0.29, 0.717) is 17.7 Å². The number of carbonyl (C=O) groups excluding carboxylic acids is 2. The summed E-state index contributed by atoms with van der Waals surface area (Å²) in [4.78, 5) is 24.9. The van der Waals surface area contributed by atoms with Crippen LogP contribution in [0.5, 0.6) is 0 Å². The van der Waals surface area contributed by atoms with Crippen LogP contribution >= 0.6 is 0 Å². The minimum atomic E-state index is -0.581. The smallest absolute Gasteiger partial charge is 0.330 e. The fourth-order valence-corrected chi connectivity index (χ4v) is 3.83. The van der Waals surface area contributed by atoms with Crippen molar-refractivity contribution in [3.05, 3.63) is 107 Å². The quantitative estimate of drug-likeness (QED) is 0.260. The van der Waals surface area contributed by atoms with Crippen molar-refractivity contribution in [2.75, 3.05) is 11.9 Å². The molecular formula is C29H25FN2O3. The first-order valence-corrected chi connectivity index (χ1v) is 11.3. The predicted octanol–water partition coefficient (Wildman–Crippen LogP) is 5.93.